The average Bonchev–Trinajstić information content (AvgIpc) is 2.72. The molecule has 0 saturated carbocycles. The maximum atomic E-state index is 4.84. The molecule has 0 unspecified atom stereocenters. The zero-order valence-corrected chi connectivity index (χ0v) is 18.2. The second-order valence-corrected chi connectivity index (χ2v) is 6.39. The fourth-order valence-electron chi connectivity index (χ4n) is 3.16. The minimum absolute atomic E-state index is 0.632. The number of nitrogens with zero attached hydrogens (tertiary/aromatic N) is 1. The third-order valence-corrected chi connectivity index (χ3v) is 4.73. The molecule has 1 heteroatoms. The standard InChI is InChI=1S/C24H29N.C2H6/c1-7-20-14-22(9-3)24(15-21(20)8-2)19(6)25-16-18(5)23-13-11-10-12-17(23)4;1-2/h7-8,10-15H,5,9,16H2,1-4,6H3;1-2H3/b20-7-,21-8-,25-19?;. The molecule has 2 rings (SSSR count). The summed E-state index contributed by atoms with van der Waals surface area (Å²) in [5.74, 6) is 0. The van der Waals surface area contributed by atoms with Crippen LogP contribution >= 0.6 is 0 Å². The first kappa shape index (κ1) is 22.6. The third-order valence-electron chi connectivity index (χ3n) is 4.73. The summed E-state index contributed by atoms with van der Waals surface area (Å²) in [5.41, 5.74) is 7.20. The molecule has 0 atom stereocenters. The van der Waals surface area contributed by atoms with Crippen LogP contribution in [0.3, 0.4) is 0 Å². The summed E-state index contributed by atoms with van der Waals surface area (Å²) in [6, 6.07) is 12.9. The Morgan fingerprint density at radius 3 is 2.15 bits per heavy atom. The molecule has 0 amide bonds. The normalized spacial score (nSPS) is 12.6. The molecular weight excluding hydrogens is 326 g/mol. The van der Waals surface area contributed by atoms with Crippen LogP contribution in [0.1, 0.15) is 63.8 Å². The molecule has 0 saturated heterocycles. The summed E-state index contributed by atoms with van der Waals surface area (Å²) in [4.78, 5) is 4.84. The summed E-state index contributed by atoms with van der Waals surface area (Å²) in [7, 11) is 0. The first-order valence-electron chi connectivity index (χ1n) is 10.0. The van der Waals surface area contributed by atoms with Gasteiger partial charge >= 0.3 is 0 Å². The highest BCUT2D eigenvalue weighted by atomic mass is 14.7. The Kier molecular flexibility index (Phi) is 9.50. The van der Waals surface area contributed by atoms with Crippen LogP contribution in [0.2, 0.25) is 0 Å². The van der Waals surface area contributed by atoms with E-state index in [0.717, 1.165) is 17.7 Å². The number of benzene rings is 2. The van der Waals surface area contributed by atoms with Gasteiger partial charge in [0.2, 0.25) is 0 Å². The molecule has 0 spiro atoms. The van der Waals surface area contributed by atoms with Gasteiger partial charge in [-0.05, 0) is 78.4 Å². The van der Waals surface area contributed by atoms with Gasteiger partial charge in [-0.1, -0.05) is 69.8 Å². The number of hydrogen-bond donors (Lipinski definition) is 0. The van der Waals surface area contributed by atoms with E-state index in [-0.39, 0.29) is 0 Å². The predicted molar refractivity (Wildman–Crippen MR) is 124 cm³/mol. The lowest BCUT2D eigenvalue weighted by molar-refractivity contribution is 1.12. The molecule has 0 radical (unpaired) electrons. The fraction of sp³-hybridized carbons (Fsp3) is 0.346. The zero-order chi connectivity index (χ0) is 20.4. The van der Waals surface area contributed by atoms with Crippen LogP contribution in [-0.2, 0) is 6.42 Å². The Labute approximate surface area is 165 Å². The molecule has 0 aliphatic carbocycles. The molecule has 0 fully saturated rings. The number of hydrogen-bond acceptors (Lipinski definition) is 1. The summed E-state index contributed by atoms with van der Waals surface area (Å²) in [5, 5.41) is 2.56. The van der Waals surface area contributed by atoms with Crippen molar-refractivity contribution in [3.8, 4) is 0 Å². The van der Waals surface area contributed by atoms with E-state index in [9.17, 15) is 0 Å². The molecule has 0 heterocycles. The highest BCUT2D eigenvalue weighted by Crippen LogP contribution is 2.17. The van der Waals surface area contributed by atoms with Crippen molar-refractivity contribution in [2.45, 2.75) is 54.9 Å². The SMILES string of the molecule is C=C(CN=C(C)c1cc(=C/C)/c(=C\C)cc1CC)c1ccccc1C.CC. The number of aliphatic imine (C=N–C) groups is 1. The molecule has 2 aromatic carbocycles. The maximum absolute atomic E-state index is 4.84. The molecule has 0 aromatic heterocycles. The Balaban J connectivity index is 0.00000176. The van der Waals surface area contributed by atoms with E-state index in [1.807, 2.05) is 13.8 Å². The Hall–Kier alpha value is -2.41. The summed E-state index contributed by atoms with van der Waals surface area (Å²) < 4.78 is 0. The van der Waals surface area contributed by atoms with Crippen LogP contribution < -0.4 is 10.4 Å². The number of aryl methyl sites for hydroxylation is 2. The van der Waals surface area contributed by atoms with Crippen molar-refractivity contribution in [3.05, 3.63) is 75.7 Å². The van der Waals surface area contributed by atoms with Crippen LogP contribution in [0.25, 0.3) is 17.7 Å². The number of rotatable bonds is 5. The van der Waals surface area contributed by atoms with Gasteiger partial charge in [-0.25, -0.2) is 0 Å². The van der Waals surface area contributed by atoms with Crippen molar-refractivity contribution >= 4 is 23.4 Å². The van der Waals surface area contributed by atoms with Crippen LogP contribution in [0.15, 0.2) is 48.0 Å². The molecule has 144 valence electrons. The van der Waals surface area contributed by atoms with Gasteiger partial charge in [0.1, 0.15) is 0 Å². The Morgan fingerprint density at radius 2 is 1.59 bits per heavy atom. The molecule has 0 bridgehead atoms. The first-order valence-corrected chi connectivity index (χ1v) is 10.0. The predicted octanol–water partition coefficient (Wildman–Crippen LogP) is 5.71. The highest BCUT2D eigenvalue weighted by molar-refractivity contribution is 6.00. The van der Waals surface area contributed by atoms with E-state index in [1.165, 1.54) is 32.7 Å². The molecular formula is C26H35N. The van der Waals surface area contributed by atoms with Gasteiger partial charge in [0.15, 0.2) is 0 Å². The van der Waals surface area contributed by atoms with Gasteiger partial charge in [-0.15, -0.1) is 0 Å². The lowest BCUT2D eigenvalue weighted by Crippen LogP contribution is -2.26. The lowest BCUT2D eigenvalue weighted by Gasteiger charge is -2.11. The summed E-state index contributed by atoms with van der Waals surface area (Å²) in [6.45, 7) is 19.5. The van der Waals surface area contributed by atoms with E-state index in [1.54, 1.807) is 0 Å². The van der Waals surface area contributed by atoms with Crippen LogP contribution in [-0.4, -0.2) is 12.3 Å². The monoisotopic (exact) mass is 361 g/mol. The third kappa shape index (κ3) is 5.79. The molecule has 0 aliphatic rings. The van der Waals surface area contributed by atoms with E-state index in [2.05, 4.69) is 89.7 Å². The van der Waals surface area contributed by atoms with Crippen molar-refractivity contribution in [2.75, 3.05) is 6.54 Å². The van der Waals surface area contributed by atoms with Gasteiger partial charge < -0.3 is 0 Å². The highest BCUT2D eigenvalue weighted by Gasteiger charge is 2.06. The van der Waals surface area contributed by atoms with E-state index >= 15 is 0 Å². The summed E-state index contributed by atoms with van der Waals surface area (Å²) >= 11 is 0. The fourth-order valence-corrected chi connectivity index (χ4v) is 3.16. The Morgan fingerprint density at radius 1 is 1.00 bits per heavy atom. The lowest BCUT2D eigenvalue weighted by atomic mass is 9.98. The van der Waals surface area contributed by atoms with Gasteiger partial charge in [0, 0.05) is 5.71 Å². The largest absolute Gasteiger partial charge is 0.285 e. The second kappa shape index (κ2) is 11.3. The maximum Gasteiger partial charge on any atom is 0.0643 e. The van der Waals surface area contributed by atoms with Crippen LogP contribution in [0.5, 0.6) is 0 Å². The van der Waals surface area contributed by atoms with Gasteiger partial charge in [-0.3, -0.25) is 4.99 Å². The first-order chi connectivity index (χ1) is 13.0. The van der Waals surface area contributed by atoms with Crippen molar-refractivity contribution < 1.29 is 0 Å². The van der Waals surface area contributed by atoms with Crippen molar-refractivity contribution in [2.24, 2.45) is 4.99 Å². The molecule has 0 aliphatic heterocycles. The Bertz CT molecular complexity index is 914. The van der Waals surface area contributed by atoms with Gasteiger partial charge in [0.25, 0.3) is 0 Å². The second-order valence-electron chi connectivity index (χ2n) is 6.39. The molecule has 0 N–H and O–H groups in total. The van der Waals surface area contributed by atoms with Crippen molar-refractivity contribution in [3.63, 3.8) is 0 Å². The zero-order valence-electron chi connectivity index (χ0n) is 18.2. The minimum atomic E-state index is 0.632. The van der Waals surface area contributed by atoms with E-state index in [4.69, 9.17) is 4.99 Å². The molecule has 2 aromatic rings. The van der Waals surface area contributed by atoms with E-state index < -0.39 is 0 Å². The quantitative estimate of drug-likeness (QED) is 0.605. The van der Waals surface area contributed by atoms with Crippen LogP contribution in [0.4, 0.5) is 0 Å². The van der Waals surface area contributed by atoms with Gasteiger partial charge in [0.05, 0.1) is 6.54 Å². The van der Waals surface area contributed by atoms with Crippen LogP contribution in [0, 0.1) is 6.92 Å². The average molecular weight is 362 g/mol. The summed E-state index contributed by atoms with van der Waals surface area (Å²) in [6.07, 6.45) is 5.34. The molecule has 1 nitrogen and oxygen atoms in total. The minimum Gasteiger partial charge on any atom is -0.285 e. The van der Waals surface area contributed by atoms with Crippen molar-refractivity contribution in [1.29, 1.82) is 0 Å². The smallest absolute Gasteiger partial charge is 0.0643 e. The van der Waals surface area contributed by atoms with E-state index in [0.29, 0.717) is 6.54 Å². The van der Waals surface area contributed by atoms with Crippen molar-refractivity contribution in [1.82, 2.24) is 0 Å². The topological polar surface area (TPSA) is 12.4 Å². The van der Waals surface area contributed by atoms with Gasteiger partial charge in [-0.2, -0.15) is 0 Å². The molecule has 27 heavy (non-hydrogen) atoms.